The average Bonchev–Trinajstić information content (AvgIpc) is 3.06. The maximum atomic E-state index is 12.0. The van der Waals surface area contributed by atoms with Gasteiger partial charge in [-0.1, -0.05) is 47.0 Å². The van der Waals surface area contributed by atoms with Gasteiger partial charge in [0.25, 0.3) is 5.91 Å². The predicted octanol–water partition coefficient (Wildman–Crippen LogP) is 3.18. The van der Waals surface area contributed by atoms with Crippen LogP contribution < -0.4 is 10.9 Å². The molecule has 1 aromatic carbocycles. The Kier molecular flexibility index (Phi) is 6.89. The minimum absolute atomic E-state index is 0.150. The van der Waals surface area contributed by atoms with E-state index < -0.39 is 0 Å². The number of hydrogen-bond acceptors (Lipinski definition) is 5. The van der Waals surface area contributed by atoms with Crippen LogP contribution >= 0.6 is 27.7 Å². The van der Waals surface area contributed by atoms with Crippen LogP contribution in [-0.4, -0.2) is 32.3 Å². The lowest BCUT2D eigenvalue weighted by molar-refractivity contribution is -0.119. The van der Waals surface area contributed by atoms with Crippen molar-refractivity contribution in [2.45, 2.75) is 43.2 Å². The van der Waals surface area contributed by atoms with Gasteiger partial charge in [-0.25, -0.2) is 0 Å². The van der Waals surface area contributed by atoms with E-state index in [0.29, 0.717) is 16.6 Å². The fourth-order valence-corrected chi connectivity index (χ4v) is 4.12. The van der Waals surface area contributed by atoms with Crippen LogP contribution in [-0.2, 0) is 11.8 Å². The quantitative estimate of drug-likeness (QED) is 0.538. The SMILES string of the molecule is Cn1c(SCC(=O)NNC(=O)c2ccc(Br)cc2)nnc1C1CCCCC1. The first-order valence-electron chi connectivity index (χ1n) is 8.91. The van der Waals surface area contributed by atoms with Gasteiger partial charge >= 0.3 is 0 Å². The number of nitrogens with zero attached hydrogens (tertiary/aromatic N) is 3. The third-order valence-electron chi connectivity index (χ3n) is 4.59. The molecule has 0 radical (unpaired) electrons. The standard InChI is InChI=1S/C18H22BrN5O2S/c1-24-16(12-5-3-2-4-6-12)21-23-18(24)27-11-15(25)20-22-17(26)13-7-9-14(19)10-8-13/h7-10,12H,2-6,11H2,1H3,(H,20,25)(H,22,26). The molecule has 3 rings (SSSR count). The van der Waals surface area contributed by atoms with Gasteiger partial charge in [0.05, 0.1) is 5.75 Å². The van der Waals surface area contributed by atoms with Gasteiger partial charge in [-0.3, -0.25) is 20.4 Å². The Bertz CT molecular complexity index is 803. The molecule has 1 fully saturated rings. The lowest BCUT2D eigenvalue weighted by atomic mass is 9.89. The molecule has 0 saturated heterocycles. The number of nitrogens with one attached hydrogen (secondary N) is 2. The van der Waals surface area contributed by atoms with Crippen molar-refractivity contribution < 1.29 is 9.59 Å². The lowest BCUT2D eigenvalue weighted by Gasteiger charge is -2.20. The Hall–Kier alpha value is -1.87. The van der Waals surface area contributed by atoms with Crippen molar-refractivity contribution in [1.82, 2.24) is 25.6 Å². The van der Waals surface area contributed by atoms with Crippen LogP contribution in [0.2, 0.25) is 0 Å². The summed E-state index contributed by atoms with van der Waals surface area (Å²) in [5.41, 5.74) is 5.31. The van der Waals surface area contributed by atoms with Crippen LogP contribution in [0, 0.1) is 0 Å². The van der Waals surface area contributed by atoms with Crippen molar-refractivity contribution in [3.05, 3.63) is 40.1 Å². The molecule has 1 saturated carbocycles. The van der Waals surface area contributed by atoms with Gasteiger partial charge < -0.3 is 4.57 Å². The molecule has 144 valence electrons. The second-order valence-electron chi connectivity index (χ2n) is 6.53. The zero-order chi connectivity index (χ0) is 19.2. The third-order valence-corrected chi connectivity index (χ3v) is 6.14. The van der Waals surface area contributed by atoms with Gasteiger partial charge in [0, 0.05) is 23.0 Å². The molecule has 0 spiro atoms. The summed E-state index contributed by atoms with van der Waals surface area (Å²) in [7, 11) is 1.94. The number of hydrogen-bond donors (Lipinski definition) is 2. The van der Waals surface area contributed by atoms with E-state index in [-0.39, 0.29) is 17.6 Å². The van der Waals surface area contributed by atoms with Crippen molar-refractivity contribution in [2.24, 2.45) is 7.05 Å². The number of carbonyl (C=O) groups is 2. The van der Waals surface area contributed by atoms with Crippen LogP contribution in [0.5, 0.6) is 0 Å². The topological polar surface area (TPSA) is 88.9 Å². The molecule has 0 atom stereocenters. The molecule has 1 aliphatic carbocycles. The van der Waals surface area contributed by atoms with Gasteiger partial charge in [-0.2, -0.15) is 0 Å². The fraction of sp³-hybridized carbons (Fsp3) is 0.444. The summed E-state index contributed by atoms with van der Waals surface area (Å²) < 4.78 is 2.87. The molecule has 27 heavy (non-hydrogen) atoms. The number of amides is 2. The molecule has 9 heteroatoms. The number of benzene rings is 1. The Morgan fingerprint density at radius 1 is 1.15 bits per heavy atom. The molecule has 1 aliphatic rings. The highest BCUT2D eigenvalue weighted by Gasteiger charge is 2.22. The summed E-state index contributed by atoms with van der Waals surface area (Å²) in [6.07, 6.45) is 6.07. The van der Waals surface area contributed by atoms with Crippen LogP contribution in [0.3, 0.4) is 0 Å². The predicted molar refractivity (Wildman–Crippen MR) is 107 cm³/mol. The number of halogens is 1. The summed E-state index contributed by atoms with van der Waals surface area (Å²) in [5, 5.41) is 9.26. The van der Waals surface area contributed by atoms with Crippen molar-refractivity contribution in [3.63, 3.8) is 0 Å². The van der Waals surface area contributed by atoms with Crippen LogP contribution in [0.4, 0.5) is 0 Å². The van der Waals surface area contributed by atoms with E-state index in [1.807, 2.05) is 11.6 Å². The minimum Gasteiger partial charge on any atom is -0.309 e. The van der Waals surface area contributed by atoms with Crippen LogP contribution in [0.1, 0.15) is 54.2 Å². The first kappa shape index (κ1) is 19.9. The summed E-state index contributed by atoms with van der Waals surface area (Å²) >= 11 is 4.62. The van der Waals surface area contributed by atoms with E-state index in [0.717, 1.165) is 23.1 Å². The van der Waals surface area contributed by atoms with Gasteiger partial charge in [0.15, 0.2) is 5.16 Å². The van der Waals surface area contributed by atoms with Crippen LogP contribution in [0.15, 0.2) is 33.9 Å². The Morgan fingerprint density at radius 3 is 2.56 bits per heavy atom. The van der Waals surface area contributed by atoms with Crippen molar-refractivity contribution in [2.75, 3.05) is 5.75 Å². The van der Waals surface area contributed by atoms with E-state index in [2.05, 4.69) is 37.0 Å². The normalized spacial score (nSPS) is 14.7. The maximum Gasteiger partial charge on any atom is 0.269 e. The zero-order valence-corrected chi connectivity index (χ0v) is 17.5. The number of hydrazine groups is 1. The molecular formula is C18H22BrN5O2S. The van der Waals surface area contributed by atoms with Gasteiger partial charge in [-0.15, -0.1) is 10.2 Å². The number of thioether (sulfide) groups is 1. The molecule has 1 aromatic heterocycles. The minimum atomic E-state index is -0.362. The van der Waals surface area contributed by atoms with Crippen molar-refractivity contribution >= 4 is 39.5 Å². The second-order valence-corrected chi connectivity index (χ2v) is 8.39. The highest BCUT2D eigenvalue weighted by atomic mass is 79.9. The second kappa shape index (κ2) is 9.36. The smallest absolute Gasteiger partial charge is 0.269 e. The van der Waals surface area contributed by atoms with E-state index in [9.17, 15) is 9.59 Å². The van der Waals surface area contributed by atoms with E-state index in [4.69, 9.17) is 0 Å². The van der Waals surface area contributed by atoms with Gasteiger partial charge in [-0.05, 0) is 37.1 Å². The Balaban J connectivity index is 1.47. The van der Waals surface area contributed by atoms with E-state index in [1.54, 1.807) is 24.3 Å². The van der Waals surface area contributed by atoms with Crippen LogP contribution in [0.25, 0.3) is 0 Å². The molecule has 2 aromatic rings. The molecule has 2 N–H and O–H groups in total. The highest BCUT2D eigenvalue weighted by molar-refractivity contribution is 9.10. The summed E-state index contributed by atoms with van der Waals surface area (Å²) in [5.74, 6) is 0.953. The van der Waals surface area contributed by atoms with Crippen molar-refractivity contribution in [3.8, 4) is 0 Å². The molecular weight excluding hydrogens is 430 g/mol. The number of carbonyl (C=O) groups excluding carboxylic acids is 2. The summed E-state index contributed by atoms with van der Waals surface area (Å²) in [4.78, 5) is 24.0. The molecule has 2 amide bonds. The summed E-state index contributed by atoms with van der Waals surface area (Å²) in [6.45, 7) is 0. The Morgan fingerprint density at radius 2 is 1.85 bits per heavy atom. The maximum absolute atomic E-state index is 12.0. The lowest BCUT2D eigenvalue weighted by Crippen LogP contribution is -2.42. The number of rotatable bonds is 5. The molecule has 7 nitrogen and oxygen atoms in total. The third kappa shape index (κ3) is 5.32. The number of aromatic nitrogens is 3. The first-order valence-corrected chi connectivity index (χ1v) is 10.7. The monoisotopic (exact) mass is 451 g/mol. The fourth-order valence-electron chi connectivity index (χ4n) is 3.13. The van der Waals surface area contributed by atoms with Gasteiger partial charge in [0.1, 0.15) is 5.82 Å². The van der Waals surface area contributed by atoms with E-state index in [1.165, 1.54) is 31.0 Å². The Labute approximate surface area is 170 Å². The molecule has 0 bridgehead atoms. The highest BCUT2D eigenvalue weighted by Crippen LogP contribution is 2.32. The average molecular weight is 452 g/mol. The van der Waals surface area contributed by atoms with E-state index >= 15 is 0 Å². The molecule has 1 heterocycles. The van der Waals surface area contributed by atoms with Crippen molar-refractivity contribution in [1.29, 1.82) is 0 Å². The first-order chi connectivity index (χ1) is 13.0. The molecule has 0 aliphatic heterocycles. The largest absolute Gasteiger partial charge is 0.309 e. The summed E-state index contributed by atoms with van der Waals surface area (Å²) in [6, 6.07) is 6.88. The molecule has 0 unspecified atom stereocenters. The zero-order valence-electron chi connectivity index (χ0n) is 15.1. The van der Waals surface area contributed by atoms with Gasteiger partial charge in [0.2, 0.25) is 5.91 Å².